The molecule has 0 unspecified atom stereocenters. The molecule has 7 heteroatoms. The molecule has 1 heterocycles. The molecule has 14 heavy (non-hydrogen) atoms. The lowest BCUT2D eigenvalue weighted by Gasteiger charge is -2.26. The summed E-state index contributed by atoms with van der Waals surface area (Å²) in [6, 6.07) is 0. The third-order valence-electron chi connectivity index (χ3n) is 2.06. The molecular formula is C7H11BF3NO2. The van der Waals surface area contributed by atoms with Crippen molar-refractivity contribution < 1.29 is 23.2 Å². The van der Waals surface area contributed by atoms with Gasteiger partial charge in [-0.15, -0.1) is 0 Å². The van der Waals surface area contributed by atoms with Gasteiger partial charge in [0.1, 0.15) is 0 Å². The van der Waals surface area contributed by atoms with Crippen molar-refractivity contribution in [2.24, 2.45) is 0 Å². The molecule has 1 rings (SSSR count). The summed E-state index contributed by atoms with van der Waals surface area (Å²) in [5, 5.41) is 17.5. The van der Waals surface area contributed by atoms with Crippen LogP contribution in [0.15, 0.2) is 11.5 Å². The topological polar surface area (TPSA) is 43.7 Å². The van der Waals surface area contributed by atoms with E-state index in [4.69, 9.17) is 10.0 Å². The molecule has 0 aliphatic carbocycles. The van der Waals surface area contributed by atoms with E-state index in [9.17, 15) is 13.2 Å². The second kappa shape index (κ2) is 4.33. The normalized spacial score (nSPS) is 19.4. The van der Waals surface area contributed by atoms with Crippen molar-refractivity contribution in [3.8, 4) is 0 Å². The quantitative estimate of drug-likeness (QED) is 0.638. The molecule has 0 radical (unpaired) electrons. The van der Waals surface area contributed by atoms with Crippen LogP contribution in [0.2, 0.25) is 0 Å². The minimum atomic E-state index is -4.19. The molecule has 0 spiro atoms. The molecule has 0 saturated carbocycles. The second-order valence-electron chi connectivity index (χ2n) is 3.25. The van der Waals surface area contributed by atoms with Gasteiger partial charge in [0.2, 0.25) is 0 Å². The number of halogens is 3. The third kappa shape index (κ3) is 3.69. The number of nitrogens with zero attached hydrogens (tertiary/aromatic N) is 1. The molecule has 0 bridgehead atoms. The maximum atomic E-state index is 11.9. The van der Waals surface area contributed by atoms with Gasteiger partial charge in [-0.1, -0.05) is 6.08 Å². The molecule has 1 aliphatic heterocycles. The molecule has 0 atom stereocenters. The first-order valence-corrected chi connectivity index (χ1v) is 4.22. The van der Waals surface area contributed by atoms with Crippen LogP contribution in [0.3, 0.4) is 0 Å². The Morgan fingerprint density at radius 1 is 1.43 bits per heavy atom. The molecule has 0 fully saturated rings. The summed E-state index contributed by atoms with van der Waals surface area (Å²) in [5.74, 6) is 0. The average Bonchev–Trinajstić information content (AvgIpc) is 2.02. The van der Waals surface area contributed by atoms with E-state index in [0.29, 0.717) is 5.47 Å². The summed E-state index contributed by atoms with van der Waals surface area (Å²) in [6.07, 6.45) is -2.49. The number of rotatable bonds is 2. The van der Waals surface area contributed by atoms with Gasteiger partial charge in [0.05, 0.1) is 6.54 Å². The maximum absolute atomic E-state index is 11.9. The summed E-state index contributed by atoms with van der Waals surface area (Å²) >= 11 is 0. The Bertz CT molecular complexity index is 229. The second-order valence-corrected chi connectivity index (χ2v) is 3.25. The SMILES string of the molecule is OB(O)C1=CCN(CC(F)(F)F)CC1. The highest BCUT2D eigenvalue weighted by Crippen LogP contribution is 2.19. The van der Waals surface area contributed by atoms with Gasteiger partial charge < -0.3 is 10.0 Å². The van der Waals surface area contributed by atoms with Gasteiger partial charge in [-0.2, -0.15) is 13.2 Å². The fourth-order valence-corrected chi connectivity index (χ4v) is 1.36. The van der Waals surface area contributed by atoms with E-state index >= 15 is 0 Å². The van der Waals surface area contributed by atoms with E-state index in [1.54, 1.807) is 0 Å². The Labute approximate surface area is 80.0 Å². The van der Waals surface area contributed by atoms with Gasteiger partial charge in [-0.3, -0.25) is 4.90 Å². The van der Waals surface area contributed by atoms with Crippen molar-refractivity contribution in [3.05, 3.63) is 11.5 Å². The monoisotopic (exact) mass is 209 g/mol. The first-order valence-electron chi connectivity index (χ1n) is 4.22. The summed E-state index contributed by atoms with van der Waals surface area (Å²) in [6.45, 7) is -0.617. The summed E-state index contributed by atoms with van der Waals surface area (Å²) < 4.78 is 35.8. The Hall–Kier alpha value is -0.525. The molecule has 0 aromatic rings. The summed E-state index contributed by atoms with van der Waals surface area (Å²) in [5.41, 5.74) is 0.392. The standard InChI is InChI=1S/C7H11BF3NO2/c9-7(10,11)5-12-3-1-6(2-4-12)8(13)14/h1,13-14H,2-5H2. The summed E-state index contributed by atoms with van der Waals surface area (Å²) in [7, 11) is -1.54. The van der Waals surface area contributed by atoms with Crippen molar-refractivity contribution in [2.45, 2.75) is 12.6 Å². The molecule has 2 N–H and O–H groups in total. The Kier molecular flexibility index (Phi) is 3.57. The van der Waals surface area contributed by atoms with Crippen LogP contribution in [-0.4, -0.2) is 47.9 Å². The smallest absolute Gasteiger partial charge is 0.423 e. The average molecular weight is 209 g/mol. The van der Waals surface area contributed by atoms with Gasteiger partial charge in [-0.25, -0.2) is 0 Å². The molecule has 0 aromatic carbocycles. The van der Waals surface area contributed by atoms with E-state index in [2.05, 4.69) is 0 Å². The molecule has 0 aromatic heterocycles. The zero-order valence-electron chi connectivity index (χ0n) is 7.46. The first-order chi connectivity index (χ1) is 6.38. The highest BCUT2D eigenvalue weighted by molar-refractivity contribution is 6.50. The minimum absolute atomic E-state index is 0.118. The van der Waals surface area contributed by atoms with Crippen LogP contribution in [0.5, 0.6) is 0 Å². The Morgan fingerprint density at radius 2 is 2.07 bits per heavy atom. The number of alkyl halides is 3. The Morgan fingerprint density at radius 3 is 2.43 bits per heavy atom. The van der Waals surface area contributed by atoms with Crippen LogP contribution in [0.25, 0.3) is 0 Å². The lowest BCUT2D eigenvalue weighted by Crippen LogP contribution is -2.38. The lowest BCUT2D eigenvalue weighted by atomic mass is 9.76. The van der Waals surface area contributed by atoms with E-state index in [0.717, 1.165) is 0 Å². The Balaban J connectivity index is 2.43. The molecule has 0 amide bonds. The minimum Gasteiger partial charge on any atom is -0.423 e. The van der Waals surface area contributed by atoms with E-state index in [1.165, 1.54) is 11.0 Å². The van der Waals surface area contributed by atoms with Gasteiger partial charge in [-0.05, 0) is 11.9 Å². The van der Waals surface area contributed by atoms with Gasteiger partial charge in [0.15, 0.2) is 0 Å². The fraction of sp³-hybridized carbons (Fsp3) is 0.714. The van der Waals surface area contributed by atoms with Crippen molar-refractivity contribution in [3.63, 3.8) is 0 Å². The molecular weight excluding hydrogens is 198 g/mol. The van der Waals surface area contributed by atoms with Crippen molar-refractivity contribution in [1.29, 1.82) is 0 Å². The molecule has 3 nitrogen and oxygen atoms in total. The molecule has 1 aliphatic rings. The van der Waals surface area contributed by atoms with Crippen molar-refractivity contribution in [2.75, 3.05) is 19.6 Å². The third-order valence-corrected chi connectivity index (χ3v) is 2.06. The van der Waals surface area contributed by atoms with Crippen molar-refractivity contribution in [1.82, 2.24) is 4.90 Å². The van der Waals surface area contributed by atoms with Crippen LogP contribution < -0.4 is 0 Å². The van der Waals surface area contributed by atoms with Gasteiger partial charge in [0.25, 0.3) is 0 Å². The van der Waals surface area contributed by atoms with Crippen LogP contribution in [-0.2, 0) is 0 Å². The zero-order valence-corrected chi connectivity index (χ0v) is 7.46. The molecule has 80 valence electrons. The largest absolute Gasteiger partial charge is 0.483 e. The van der Waals surface area contributed by atoms with Crippen LogP contribution in [0, 0.1) is 0 Å². The number of hydrogen-bond acceptors (Lipinski definition) is 3. The van der Waals surface area contributed by atoms with Crippen LogP contribution in [0.4, 0.5) is 13.2 Å². The highest BCUT2D eigenvalue weighted by atomic mass is 19.4. The lowest BCUT2D eigenvalue weighted by molar-refractivity contribution is -0.145. The first kappa shape index (κ1) is 11.5. The van der Waals surface area contributed by atoms with Gasteiger partial charge >= 0.3 is 13.3 Å². The van der Waals surface area contributed by atoms with Gasteiger partial charge in [0, 0.05) is 13.1 Å². The highest BCUT2D eigenvalue weighted by Gasteiger charge is 2.31. The fourth-order valence-electron chi connectivity index (χ4n) is 1.36. The predicted molar refractivity (Wildman–Crippen MR) is 45.4 cm³/mol. The zero-order chi connectivity index (χ0) is 10.8. The predicted octanol–water partition coefficient (Wildman–Crippen LogP) is 0.193. The van der Waals surface area contributed by atoms with Crippen LogP contribution >= 0.6 is 0 Å². The number of hydrogen-bond donors (Lipinski definition) is 2. The maximum Gasteiger partial charge on any atom is 0.483 e. The molecule has 0 saturated heterocycles. The van der Waals surface area contributed by atoms with E-state index in [1.807, 2.05) is 0 Å². The van der Waals surface area contributed by atoms with E-state index in [-0.39, 0.29) is 19.5 Å². The summed E-state index contributed by atoms with van der Waals surface area (Å²) in [4.78, 5) is 1.21. The van der Waals surface area contributed by atoms with Crippen LogP contribution in [0.1, 0.15) is 6.42 Å². The van der Waals surface area contributed by atoms with E-state index < -0.39 is 19.8 Å². The van der Waals surface area contributed by atoms with Crippen molar-refractivity contribution >= 4 is 7.12 Å².